The Morgan fingerprint density at radius 1 is 1.15 bits per heavy atom. The molecule has 2 N–H and O–H groups in total. The summed E-state index contributed by atoms with van der Waals surface area (Å²) in [5, 5.41) is 6.39. The molecule has 0 radical (unpaired) electrons. The lowest BCUT2D eigenvalue weighted by Crippen LogP contribution is -2.27. The van der Waals surface area contributed by atoms with E-state index in [-0.39, 0.29) is 23.7 Å². The third-order valence-electron chi connectivity index (χ3n) is 4.56. The molecule has 6 heteroatoms. The van der Waals surface area contributed by atoms with Gasteiger partial charge in [-0.25, -0.2) is 0 Å². The van der Waals surface area contributed by atoms with Gasteiger partial charge in [-0.05, 0) is 43.2 Å². The van der Waals surface area contributed by atoms with Crippen molar-refractivity contribution in [3.05, 3.63) is 58.6 Å². The number of para-hydroxylation sites is 1. The molecule has 2 atom stereocenters. The minimum absolute atomic E-state index is 0.108. The lowest BCUT2D eigenvalue weighted by Gasteiger charge is -2.10. The largest absolute Gasteiger partial charge is 0.496 e. The molecule has 5 nitrogen and oxygen atoms in total. The maximum absolute atomic E-state index is 12.4. The normalized spacial score (nSPS) is 18.1. The molecule has 0 aliphatic heterocycles. The Balaban J connectivity index is 1.52. The molecule has 2 aromatic rings. The van der Waals surface area contributed by atoms with Crippen molar-refractivity contribution >= 4 is 29.1 Å². The first-order valence-corrected chi connectivity index (χ1v) is 8.84. The summed E-state index contributed by atoms with van der Waals surface area (Å²) in [4.78, 5) is 24.7. The van der Waals surface area contributed by atoms with E-state index in [4.69, 9.17) is 16.3 Å². The summed E-state index contributed by atoms with van der Waals surface area (Å²) in [6, 6.07) is 12.8. The monoisotopic (exact) mass is 372 g/mol. The van der Waals surface area contributed by atoms with Crippen LogP contribution in [0.15, 0.2) is 42.5 Å². The topological polar surface area (TPSA) is 67.4 Å². The highest BCUT2D eigenvalue weighted by atomic mass is 35.5. The van der Waals surface area contributed by atoms with Crippen molar-refractivity contribution in [3.8, 4) is 5.75 Å². The SMILES string of the molecule is COc1ccccc1CNC(=O)C1CC1C(=O)Nc1ccc(Cl)cc1C. The molecular formula is C20H21ClN2O3. The predicted octanol–water partition coefficient (Wildman–Crippen LogP) is 3.55. The zero-order chi connectivity index (χ0) is 18.7. The fraction of sp³-hybridized carbons (Fsp3) is 0.300. The first-order valence-electron chi connectivity index (χ1n) is 8.46. The Bertz CT molecular complexity index is 838. The van der Waals surface area contributed by atoms with E-state index in [1.807, 2.05) is 31.2 Å². The molecule has 2 unspecified atom stereocenters. The van der Waals surface area contributed by atoms with Gasteiger partial charge in [0.25, 0.3) is 0 Å². The Hall–Kier alpha value is -2.53. The molecule has 3 rings (SSSR count). The highest BCUT2D eigenvalue weighted by molar-refractivity contribution is 6.30. The summed E-state index contributed by atoms with van der Waals surface area (Å²) >= 11 is 5.93. The number of amides is 2. The van der Waals surface area contributed by atoms with E-state index < -0.39 is 0 Å². The summed E-state index contributed by atoms with van der Waals surface area (Å²) in [7, 11) is 1.60. The van der Waals surface area contributed by atoms with E-state index >= 15 is 0 Å². The van der Waals surface area contributed by atoms with Crippen LogP contribution in [0.2, 0.25) is 5.02 Å². The maximum Gasteiger partial charge on any atom is 0.228 e. The van der Waals surface area contributed by atoms with E-state index in [0.717, 1.165) is 22.6 Å². The quantitative estimate of drug-likeness (QED) is 0.814. The third kappa shape index (κ3) is 4.17. The van der Waals surface area contributed by atoms with Crippen LogP contribution in [0.4, 0.5) is 5.69 Å². The predicted molar refractivity (Wildman–Crippen MR) is 101 cm³/mol. The maximum atomic E-state index is 12.4. The average molecular weight is 373 g/mol. The number of carbonyl (C=O) groups excluding carboxylic acids is 2. The zero-order valence-corrected chi connectivity index (χ0v) is 15.5. The van der Waals surface area contributed by atoms with E-state index in [1.165, 1.54) is 0 Å². The molecule has 0 bridgehead atoms. The number of methoxy groups -OCH3 is 1. The Morgan fingerprint density at radius 3 is 2.62 bits per heavy atom. The summed E-state index contributed by atoms with van der Waals surface area (Å²) in [6.45, 7) is 2.26. The summed E-state index contributed by atoms with van der Waals surface area (Å²) in [5.74, 6) is -0.0760. The van der Waals surface area contributed by atoms with Crippen molar-refractivity contribution in [2.75, 3.05) is 12.4 Å². The van der Waals surface area contributed by atoms with Crippen molar-refractivity contribution in [2.24, 2.45) is 11.8 Å². The molecule has 0 saturated heterocycles. The Kier molecular flexibility index (Phi) is 5.47. The van der Waals surface area contributed by atoms with Crippen LogP contribution in [0.1, 0.15) is 17.5 Å². The second-order valence-electron chi connectivity index (χ2n) is 6.43. The van der Waals surface area contributed by atoms with E-state index in [9.17, 15) is 9.59 Å². The van der Waals surface area contributed by atoms with Crippen LogP contribution in [0.3, 0.4) is 0 Å². The van der Waals surface area contributed by atoms with Gasteiger partial charge in [0.2, 0.25) is 11.8 Å². The lowest BCUT2D eigenvalue weighted by molar-refractivity contribution is -0.125. The van der Waals surface area contributed by atoms with Gasteiger partial charge in [0.1, 0.15) is 5.75 Å². The number of carbonyl (C=O) groups is 2. The summed E-state index contributed by atoms with van der Waals surface area (Å²) in [6.07, 6.45) is 0.566. The molecule has 0 spiro atoms. The van der Waals surface area contributed by atoms with Crippen LogP contribution in [-0.2, 0) is 16.1 Å². The summed E-state index contributed by atoms with van der Waals surface area (Å²) in [5.41, 5.74) is 2.52. The molecule has 2 amide bonds. The highest BCUT2D eigenvalue weighted by Gasteiger charge is 2.48. The van der Waals surface area contributed by atoms with Gasteiger partial charge < -0.3 is 15.4 Å². The van der Waals surface area contributed by atoms with E-state index in [1.54, 1.807) is 25.3 Å². The minimum Gasteiger partial charge on any atom is -0.496 e. The molecule has 1 fully saturated rings. The van der Waals surface area contributed by atoms with Gasteiger partial charge in [0.15, 0.2) is 0 Å². The van der Waals surface area contributed by atoms with Gasteiger partial charge in [-0.2, -0.15) is 0 Å². The van der Waals surface area contributed by atoms with Gasteiger partial charge in [0, 0.05) is 22.8 Å². The van der Waals surface area contributed by atoms with Crippen LogP contribution in [-0.4, -0.2) is 18.9 Å². The molecule has 1 aliphatic rings. The molecule has 1 aliphatic carbocycles. The standard InChI is InChI=1S/C20H21ClN2O3/c1-12-9-14(21)7-8-17(12)23-20(25)16-10-15(16)19(24)22-11-13-5-3-4-6-18(13)26-2/h3-9,15-16H,10-11H2,1-2H3,(H,22,24)(H,23,25). The van der Waals surface area contributed by atoms with Gasteiger partial charge in [-0.1, -0.05) is 29.8 Å². The number of anilines is 1. The third-order valence-corrected chi connectivity index (χ3v) is 4.79. The number of halogens is 1. The smallest absolute Gasteiger partial charge is 0.228 e. The summed E-state index contributed by atoms with van der Waals surface area (Å²) < 4.78 is 5.27. The first kappa shape index (κ1) is 18.3. The van der Waals surface area contributed by atoms with Gasteiger partial charge >= 0.3 is 0 Å². The molecule has 0 heterocycles. The number of hydrogen-bond acceptors (Lipinski definition) is 3. The average Bonchev–Trinajstić information content (AvgIpc) is 3.43. The van der Waals surface area contributed by atoms with Crippen LogP contribution in [0, 0.1) is 18.8 Å². The number of aryl methyl sites for hydroxylation is 1. The Labute approximate surface area is 157 Å². The number of benzene rings is 2. The first-order chi connectivity index (χ1) is 12.5. The molecule has 2 aromatic carbocycles. The fourth-order valence-corrected chi connectivity index (χ4v) is 3.16. The number of nitrogens with one attached hydrogen (secondary N) is 2. The molecule has 26 heavy (non-hydrogen) atoms. The second kappa shape index (κ2) is 7.79. The van der Waals surface area contributed by atoms with Crippen LogP contribution in [0.5, 0.6) is 5.75 Å². The second-order valence-corrected chi connectivity index (χ2v) is 6.86. The van der Waals surface area contributed by atoms with Crippen molar-refractivity contribution in [3.63, 3.8) is 0 Å². The van der Waals surface area contributed by atoms with Crippen LogP contribution in [0.25, 0.3) is 0 Å². The van der Waals surface area contributed by atoms with Crippen molar-refractivity contribution in [1.82, 2.24) is 5.32 Å². The zero-order valence-electron chi connectivity index (χ0n) is 14.7. The number of hydrogen-bond donors (Lipinski definition) is 2. The molecule has 136 valence electrons. The highest BCUT2D eigenvalue weighted by Crippen LogP contribution is 2.40. The molecular weight excluding hydrogens is 352 g/mol. The lowest BCUT2D eigenvalue weighted by atomic mass is 10.2. The van der Waals surface area contributed by atoms with Gasteiger partial charge in [0.05, 0.1) is 18.9 Å². The van der Waals surface area contributed by atoms with E-state index in [2.05, 4.69) is 10.6 Å². The van der Waals surface area contributed by atoms with Crippen molar-refractivity contribution in [2.45, 2.75) is 19.9 Å². The van der Waals surface area contributed by atoms with Crippen LogP contribution >= 0.6 is 11.6 Å². The number of rotatable bonds is 6. The van der Waals surface area contributed by atoms with Crippen molar-refractivity contribution < 1.29 is 14.3 Å². The van der Waals surface area contributed by atoms with Crippen LogP contribution < -0.4 is 15.4 Å². The number of ether oxygens (including phenoxy) is 1. The van der Waals surface area contributed by atoms with Crippen molar-refractivity contribution in [1.29, 1.82) is 0 Å². The van der Waals surface area contributed by atoms with Gasteiger partial charge in [-0.3, -0.25) is 9.59 Å². The fourth-order valence-electron chi connectivity index (χ4n) is 2.93. The Morgan fingerprint density at radius 2 is 1.88 bits per heavy atom. The van der Waals surface area contributed by atoms with Gasteiger partial charge in [-0.15, -0.1) is 0 Å². The molecule has 1 saturated carbocycles. The molecule has 0 aromatic heterocycles. The minimum atomic E-state index is -0.289. The van der Waals surface area contributed by atoms with E-state index in [0.29, 0.717) is 18.0 Å².